The van der Waals surface area contributed by atoms with Crippen LogP contribution in [0.3, 0.4) is 0 Å². The number of carbonyl (C=O) groups is 1. The van der Waals surface area contributed by atoms with Crippen molar-refractivity contribution in [2.45, 2.75) is 46.0 Å². The van der Waals surface area contributed by atoms with Gasteiger partial charge in [0.2, 0.25) is 5.91 Å². The Labute approximate surface area is 181 Å². The van der Waals surface area contributed by atoms with Gasteiger partial charge in [0.05, 0.1) is 23.9 Å². The molecule has 156 valence electrons. The molecular weight excluding hydrogens is 432 g/mol. The van der Waals surface area contributed by atoms with Crippen molar-refractivity contribution in [1.29, 1.82) is 0 Å². The molecule has 0 bridgehead atoms. The molecule has 0 spiro atoms. The molecule has 5 nitrogen and oxygen atoms in total. The molecule has 0 radical (unpaired) electrons. The predicted molar refractivity (Wildman–Crippen MR) is 121 cm³/mol. The number of rotatable bonds is 9. The zero-order chi connectivity index (χ0) is 21.3. The Bertz CT molecular complexity index is 827. The number of carbonyl (C=O) groups excluding carboxylic acids is 1. The maximum atomic E-state index is 11.9. The fourth-order valence-corrected chi connectivity index (χ4v) is 3.04. The second kappa shape index (κ2) is 11.0. The van der Waals surface area contributed by atoms with Crippen LogP contribution in [0.25, 0.3) is 0 Å². The van der Waals surface area contributed by atoms with Gasteiger partial charge in [-0.15, -0.1) is 0 Å². The van der Waals surface area contributed by atoms with Crippen LogP contribution in [0.4, 0.5) is 0 Å². The summed E-state index contributed by atoms with van der Waals surface area (Å²) >= 11 is 3.56. The van der Waals surface area contributed by atoms with E-state index in [1.807, 2.05) is 37.3 Å². The highest BCUT2D eigenvalue weighted by Gasteiger charge is 2.15. The van der Waals surface area contributed by atoms with Crippen molar-refractivity contribution in [1.82, 2.24) is 5.43 Å². The number of ether oxygens (including phenoxy) is 2. The summed E-state index contributed by atoms with van der Waals surface area (Å²) < 4.78 is 12.1. The molecule has 6 heteroatoms. The van der Waals surface area contributed by atoms with E-state index in [-0.39, 0.29) is 11.3 Å². The standard InChI is InChI=1S/C23H29BrN2O3/c1-5-28-19-11-8-17(9-12-19)16-25-26-22(27)7-6-14-29-21-13-10-18(15-20(21)24)23(2,3)4/h8-13,15-16H,5-7,14H2,1-4H3,(H,26,27)/b25-16+. The van der Waals surface area contributed by atoms with Gasteiger partial charge in [-0.1, -0.05) is 26.8 Å². The van der Waals surface area contributed by atoms with Crippen molar-refractivity contribution in [3.8, 4) is 11.5 Å². The van der Waals surface area contributed by atoms with Crippen molar-refractivity contribution < 1.29 is 14.3 Å². The Kier molecular flexibility index (Phi) is 8.70. The molecular formula is C23H29BrN2O3. The van der Waals surface area contributed by atoms with Crippen LogP contribution in [0.5, 0.6) is 11.5 Å². The first-order chi connectivity index (χ1) is 13.8. The van der Waals surface area contributed by atoms with Crippen LogP contribution in [0.1, 0.15) is 51.7 Å². The Morgan fingerprint density at radius 3 is 2.48 bits per heavy atom. The zero-order valence-electron chi connectivity index (χ0n) is 17.5. The number of hydrogen-bond donors (Lipinski definition) is 1. The molecule has 0 unspecified atom stereocenters. The number of amides is 1. The van der Waals surface area contributed by atoms with Crippen LogP contribution in [-0.2, 0) is 10.2 Å². The molecule has 0 fully saturated rings. The molecule has 0 saturated carbocycles. The van der Waals surface area contributed by atoms with Gasteiger partial charge in [-0.3, -0.25) is 4.79 Å². The van der Waals surface area contributed by atoms with Gasteiger partial charge >= 0.3 is 0 Å². The highest BCUT2D eigenvalue weighted by Crippen LogP contribution is 2.31. The third kappa shape index (κ3) is 7.89. The van der Waals surface area contributed by atoms with E-state index in [0.29, 0.717) is 26.1 Å². The zero-order valence-corrected chi connectivity index (χ0v) is 19.1. The summed E-state index contributed by atoms with van der Waals surface area (Å²) in [5.41, 5.74) is 4.75. The van der Waals surface area contributed by atoms with E-state index < -0.39 is 0 Å². The number of halogens is 1. The molecule has 0 saturated heterocycles. The molecule has 29 heavy (non-hydrogen) atoms. The summed E-state index contributed by atoms with van der Waals surface area (Å²) in [5, 5.41) is 3.99. The van der Waals surface area contributed by atoms with Crippen molar-refractivity contribution in [3.05, 3.63) is 58.1 Å². The number of hydrazone groups is 1. The summed E-state index contributed by atoms with van der Waals surface area (Å²) in [5.74, 6) is 1.46. The highest BCUT2D eigenvalue weighted by molar-refractivity contribution is 9.10. The van der Waals surface area contributed by atoms with Gasteiger partial charge in [0.15, 0.2) is 0 Å². The first-order valence-electron chi connectivity index (χ1n) is 9.77. The summed E-state index contributed by atoms with van der Waals surface area (Å²) in [6.07, 6.45) is 2.56. The van der Waals surface area contributed by atoms with Gasteiger partial charge in [0.25, 0.3) is 0 Å². The molecule has 0 aromatic heterocycles. The predicted octanol–water partition coefficient (Wildman–Crippen LogP) is 5.45. The maximum absolute atomic E-state index is 11.9. The van der Waals surface area contributed by atoms with Crippen molar-refractivity contribution >= 4 is 28.1 Å². The molecule has 1 N–H and O–H groups in total. The molecule has 0 aliphatic rings. The van der Waals surface area contributed by atoms with Gasteiger partial charge in [-0.2, -0.15) is 5.10 Å². The lowest BCUT2D eigenvalue weighted by molar-refractivity contribution is -0.121. The average Bonchev–Trinajstić information content (AvgIpc) is 2.67. The minimum atomic E-state index is -0.141. The maximum Gasteiger partial charge on any atom is 0.240 e. The number of nitrogens with zero attached hydrogens (tertiary/aromatic N) is 1. The van der Waals surface area contributed by atoms with E-state index in [9.17, 15) is 4.79 Å². The average molecular weight is 461 g/mol. The lowest BCUT2D eigenvalue weighted by Gasteiger charge is -2.20. The lowest BCUT2D eigenvalue weighted by atomic mass is 9.87. The number of hydrogen-bond acceptors (Lipinski definition) is 4. The molecule has 0 aliphatic heterocycles. The van der Waals surface area contributed by atoms with Crippen LogP contribution in [0.2, 0.25) is 0 Å². The van der Waals surface area contributed by atoms with Crippen molar-refractivity contribution in [2.24, 2.45) is 5.10 Å². The van der Waals surface area contributed by atoms with E-state index in [4.69, 9.17) is 9.47 Å². The van der Waals surface area contributed by atoms with Gasteiger partial charge in [0, 0.05) is 6.42 Å². The van der Waals surface area contributed by atoms with Crippen molar-refractivity contribution in [3.63, 3.8) is 0 Å². The van der Waals surface area contributed by atoms with Crippen LogP contribution in [0, 0.1) is 0 Å². The SMILES string of the molecule is CCOc1ccc(/C=N/NC(=O)CCCOc2ccc(C(C)(C)C)cc2Br)cc1. The van der Waals surface area contributed by atoms with Crippen LogP contribution < -0.4 is 14.9 Å². The minimum Gasteiger partial charge on any atom is -0.494 e. The monoisotopic (exact) mass is 460 g/mol. The van der Waals surface area contributed by atoms with Crippen LogP contribution in [0.15, 0.2) is 52.0 Å². The molecule has 2 aromatic carbocycles. The third-order valence-electron chi connectivity index (χ3n) is 4.20. The van der Waals surface area contributed by atoms with Gasteiger partial charge in [0.1, 0.15) is 11.5 Å². The Hall–Kier alpha value is -2.34. The Morgan fingerprint density at radius 2 is 1.86 bits per heavy atom. The third-order valence-corrected chi connectivity index (χ3v) is 4.82. The number of nitrogens with one attached hydrogen (secondary N) is 1. The van der Waals surface area contributed by atoms with Crippen molar-refractivity contribution in [2.75, 3.05) is 13.2 Å². The smallest absolute Gasteiger partial charge is 0.240 e. The summed E-state index contributed by atoms with van der Waals surface area (Å²) in [6.45, 7) is 9.55. The van der Waals surface area contributed by atoms with Gasteiger partial charge in [-0.25, -0.2) is 5.43 Å². The van der Waals surface area contributed by atoms with E-state index in [1.165, 1.54) is 5.56 Å². The molecule has 2 aromatic rings. The van der Waals surface area contributed by atoms with E-state index in [2.05, 4.69) is 59.4 Å². The summed E-state index contributed by atoms with van der Waals surface area (Å²) in [6, 6.07) is 13.6. The second-order valence-corrected chi connectivity index (χ2v) is 8.50. The second-order valence-electron chi connectivity index (χ2n) is 7.64. The van der Waals surface area contributed by atoms with Crippen LogP contribution in [-0.4, -0.2) is 25.3 Å². The van der Waals surface area contributed by atoms with E-state index >= 15 is 0 Å². The van der Waals surface area contributed by atoms with Gasteiger partial charge < -0.3 is 9.47 Å². The van der Waals surface area contributed by atoms with E-state index in [0.717, 1.165) is 21.5 Å². The van der Waals surface area contributed by atoms with Gasteiger partial charge in [-0.05, 0) is 82.2 Å². The fraction of sp³-hybridized carbons (Fsp3) is 0.391. The summed E-state index contributed by atoms with van der Waals surface area (Å²) in [7, 11) is 0. The van der Waals surface area contributed by atoms with E-state index in [1.54, 1.807) is 6.21 Å². The first kappa shape index (κ1) is 22.9. The quantitative estimate of drug-likeness (QED) is 0.307. The lowest BCUT2D eigenvalue weighted by Crippen LogP contribution is -2.18. The highest BCUT2D eigenvalue weighted by atomic mass is 79.9. The molecule has 2 rings (SSSR count). The Balaban J connectivity index is 1.70. The largest absolute Gasteiger partial charge is 0.494 e. The fourth-order valence-electron chi connectivity index (χ4n) is 2.55. The molecule has 0 heterocycles. The normalized spacial score (nSPS) is 11.5. The molecule has 0 atom stereocenters. The molecule has 1 amide bonds. The molecule has 0 aliphatic carbocycles. The first-order valence-corrected chi connectivity index (χ1v) is 10.6. The number of benzene rings is 2. The summed E-state index contributed by atoms with van der Waals surface area (Å²) in [4.78, 5) is 11.9. The minimum absolute atomic E-state index is 0.0883. The topological polar surface area (TPSA) is 59.9 Å². The Morgan fingerprint density at radius 1 is 1.14 bits per heavy atom. The van der Waals surface area contributed by atoms with Crippen LogP contribution >= 0.6 is 15.9 Å².